The Balaban J connectivity index is 2.71. The molecule has 0 spiro atoms. The molecule has 4 nitrogen and oxygen atoms in total. The van der Waals surface area contributed by atoms with E-state index in [4.69, 9.17) is 28.9 Å². The summed E-state index contributed by atoms with van der Waals surface area (Å²) in [6.07, 6.45) is -5.83. The monoisotopic (exact) mass is 330 g/mol. The third-order valence-electron chi connectivity index (χ3n) is 2.20. The van der Waals surface area contributed by atoms with Gasteiger partial charge >= 0.3 is 6.18 Å². The van der Waals surface area contributed by atoms with Crippen molar-refractivity contribution in [3.63, 3.8) is 0 Å². The van der Waals surface area contributed by atoms with Crippen molar-refractivity contribution in [3.8, 4) is 0 Å². The van der Waals surface area contributed by atoms with Crippen LogP contribution < -0.4 is 11.1 Å². The Morgan fingerprint density at radius 2 is 2.05 bits per heavy atom. The Morgan fingerprint density at radius 1 is 1.45 bits per heavy atom. The first kappa shape index (κ1) is 16.9. The molecule has 9 heteroatoms. The van der Waals surface area contributed by atoms with Crippen molar-refractivity contribution in [1.82, 2.24) is 0 Å². The minimum absolute atomic E-state index is 0.0727. The standard InChI is InChI=1S/C11H11Cl2F3N2O2/c1-5(20-4-11(14,15)16)10(19)18-9-7(13)2-6(12)3-8(9)17/h2-3,5H,4,17H2,1H3,(H,18,19). The summed E-state index contributed by atoms with van der Waals surface area (Å²) in [5, 5.41) is 2.64. The Morgan fingerprint density at radius 3 is 2.55 bits per heavy atom. The molecule has 1 amide bonds. The Bertz CT molecular complexity index is 486. The van der Waals surface area contributed by atoms with E-state index in [1.165, 1.54) is 19.1 Å². The van der Waals surface area contributed by atoms with Gasteiger partial charge in [-0.25, -0.2) is 0 Å². The zero-order valence-electron chi connectivity index (χ0n) is 10.2. The lowest BCUT2D eigenvalue weighted by Gasteiger charge is -2.16. The lowest BCUT2D eigenvalue weighted by molar-refractivity contribution is -0.184. The maximum atomic E-state index is 12.0. The van der Waals surface area contributed by atoms with Gasteiger partial charge in [0.15, 0.2) is 0 Å². The summed E-state index contributed by atoms with van der Waals surface area (Å²) in [5.41, 5.74) is 5.78. The van der Waals surface area contributed by atoms with Crippen molar-refractivity contribution < 1.29 is 22.7 Å². The number of nitrogens with one attached hydrogen (secondary N) is 1. The Kier molecular flexibility index (Phi) is 5.50. The molecule has 0 bridgehead atoms. The molecule has 0 aliphatic heterocycles. The zero-order chi connectivity index (χ0) is 15.5. The second-order valence-corrected chi connectivity index (χ2v) is 4.75. The summed E-state index contributed by atoms with van der Waals surface area (Å²) in [6.45, 7) is -0.341. The SMILES string of the molecule is CC(OCC(F)(F)F)C(=O)Nc1c(N)cc(Cl)cc1Cl. The quantitative estimate of drug-likeness (QED) is 0.830. The molecule has 1 aromatic carbocycles. The number of rotatable bonds is 4. The van der Waals surface area contributed by atoms with Gasteiger partial charge < -0.3 is 15.8 Å². The molecule has 0 aliphatic carbocycles. The highest BCUT2D eigenvalue weighted by molar-refractivity contribution is 6.37. The van der Waals surface area contributed by atoms with E-state index in [2.05, 4.69) is 10.1 Å². The van der Waals surface area contributed by atoms with Gasteiger partial charge in [-0.05, 0) is 19.1 Å². The maximum absolute atomic E-state index is 12.0. The van der Waals surface area contributed by atoms with Gasteiger partial charge in [-0.15, -0.1) is 0 Å². The molecule has 112 valence electrons. The molecule has 0 aromatic heterocycles. The largest absolute Gasteiger partial charge is 0.411 e. The lowest BCUT2D eigenvalue weighted by Crippen LogP contribution is -2.31. The lowest BCUT2D eigenvalue weighted by atomic mass is 10.2. The Labute approximate surface area is 123 Å². The molecule has 1 aromatic rings. The van der Waals surface area contributed by atoms with Crippen LogP contribution in [0.4, 0.5) is 24.5 Å². The van der Waals surface area contributed by atoms with Gasteiger partial charge in [0.2, 0.25) is 0 Å². The molecule has 0 radical (unpaired) electrons. The molecular formula is C11H11Cl2F3N2O2. The van der Waals surface area contributed by atoms with Gasteiger partial charge in [0, 0.05) is 5.02 Å². The van der Waals surface area contributed by atoms with E-state index in [1.807, 2.05) is 0 Å². The number of hydrogen-bond acceptors (Lipinski definition) is 3. The topological polar surface area (TPSA) is 64.3 Å². The normalized spacial score (nSPS) is 13.1. The number of benzene rings is 1. The van der Waals surface area contributed by atoms with E-state index in [-0.39, 0.29) is 21.4 Å². The number of alkyl halides is 3. The predicted molar refractivity (Wildman–Crippen MR) is 71.0 cm³/mol. The van der Waals surface area contributed by atoms with Crippen molar-refractivity contribution in [2.45, 2.75) is 19.2 Å². The summed E-state index contributed by atoms with van der Waals surface area (Å²) < 4.78 is 40.3. The van der Waals surface area contributed by atoms with Crippen LogP contribution >= 0.6 is 23.2 Å². The van der Waals surface area contributed by atoms with Crippen molar-refractivity contribution in [1.29, 1.82) is 0 Å². The van der Waals surface area contributed by atoms with Crippen molar-refractivity contribution in [3.05, 3.63) is 22.2 Å². The van der Waals surface area contributed by atoms with Crippen molar-refractivity contribution in [2.75, 3.05) is 17.7 Å². The van der Waals surface area contributed by atoms with E-state index in [9.17, 15) is 18.0 Å². The van der Waals surface area contributed by atoms with Gasteiger partial charge in [0.1, 0.15) is 12.7 Å². The highest BCUT2D eigenvalue weighted by Crippen LogP contribution is 2.32. The second kappa shape index (κ2) is 6.51. The molecule has 0 saturated carbocycles. The highest BCUT2D eigenvalue weighted by Gasteiger charge is 2.30. The van der Waals surface area contributed by atoms with E-state index in [0.717, 1.165) is 0 Å². The number of amides is 1. The first-order valence-electron chi connectivity index (χ1n) is 5.34. The van der Waals surface area contributed by atoms with Gasteiger partial charge in [-0.3, -0.25) is 4.79 Å². The number of carbonyl (C=O) groups is 1. The third kappa shape index (κ3) is 5.07. The fraction of sp³-hybridized carbons (Fsp3) is 0.364. The van der Waals surface area contributed by atoms with E-state index < -0.39 is 24.8 Å². The minimum Gasteiger partial charge on any atom is -0.397 e. The number of nitrogens with two attached hydrogens (primary N) is 1. The van der Waals surface area contributed by atoms with Crippen LogP contribution in [-0.2, 0) is 9.53 Å². The van der Waals surface area contributed by atoms with Crippen LogP contribution in [0.3, 0.4) is 0 Å². The van der Waals surface area contributed by atoms with E-state index >= 15 is 0 Å². The fourth-order valence-corrected chi connectivity index (χ4v) is 1.80. The van der Waals surface area contributed by atoms with Crippen molar-refractivity contribution in [2.24, 2.45) is 0 Å². The molecule has 1 rings (SSSR count). The number of carbonyl (C=O) groups excluding carboxylic acids is 1. The van der Waals surface area contributed by atoms with Crippen LogP contribution in [-0.4, -0.2) is 24.8 Å². The summed E-state index contributed by atoms with van der Waals surface area (Å²) in [7, 11) is 0. The average molecular weight is 331 g/mol. The van der Waals surface area contributed by atoms with Crippen LogP contribution in [0.15, 0.2) is 12.1 Å². The number of anilines is 2. The number of ether oxygens (including phenoxy) is 1. The number of hydrogen-bond donors (Lipinski definition) is 2. The van der Waals surface area contributed by atoms with E-state index in [0.29, 0.717) is 0 Å². The first-order chi connectivity index (χ1) is 9.10. The van der Waals surface area contributed by atoms with Gasteiger partial charge in [-0.2, -0.15) is 13.2 Å². The number of halogens is 5. The molecular weight excluding hydrogens is 320 g/mol. The van der Waals surface area contributed by atoms with Gasteiger partial charge in [0.05, 0.1) is 16.4 Å². The second-order valence-electron chi connectivity index (χ2n) is 3.91. The Hall–Kier alpha value is -1.18. The molecule has 1 atom stereocenters. The van der Waals surface area contributed by atoms with Gasteiger partial charge in [-0.1, -0.05) is 23.2 Å². The van der Waals surface area contributed by atoms with Crippen molar-refractivity contribution >= 4 is 40.5 Å². The minimum atomic E-state index is -4.51. The fourth-order valence-electron chi connectivity index (χ4n) is 1.25. The smallest absolute Gasteiger partial charge is 0.397 e. The zero-order valence-corrected chi connectivity index (χ0v) is 11.7. The summed E-state index contributed by atoms with van der Waals surface area (Å²) in [6, 6.07) is 2.70. The molecule has 0 saturated heterocycles. The van der Waals surface area contributed by atoms with Crippen LogP contribution in [0, 0.1) is 0 Å². The molecule has 0 heterocycles. The predicted octanol–water partition coefficient (Wildman–Crippen LogP) is 3.48. The van der Waals surface area contributed by atoms with Crippen LogP contribution in [0.25, 0.3) is 0 Å². The molecule has 3 N–H and O–H groups in total. The van der Waals surface area contributed by atoms with Crippen LogP contribution in [0.1, 0.15) is 6.92 Å². The number of nitrogen functional groups attached to an aromatic ring is 1. The summed E-state index contributed by atoms with van der Waals surface area (Å²) >= 11 is 11.5. The molecule has 0 aliphatic rings. The van der Waals surface area contributed by atoms with Crippen LogP contribution in [0.5, 0.6) is 0 Å². The summed E-state index contributed by atoms with van der Waals surface area (Å²) in [5.74, 6) is -0.801. The molecule has 0 fully saturated rings. The highest BCUT2D eigenvalue weighted by atomic mass is 35.5. The van der Waals surface area contributed by atoms with Crippen LogP contribution in [0.2, 0.25) is 10.0 Å². The van der Waals surface area contributed by atoms with Gasteiger partial charge in [0.25, 0.3) is 5.91 Å². The third-order valence-corrected chi connectivity index (χ3v) is 2.72. The summed E-state index contributed by atoms with van der Waals surface area (Å²) in [4.78, 5) is 11.7. The first-order valence-corrected chi connectivity index (χ1v) is 6.09. The maximum Gasteiger partial charge on any atom is 0.411 e. The molecule has 1 unspecified atom stereocenters. The molecule has 20 heavy (non-hydrogen) atoms. The van der Waals surface area contributed by atoms with E-state index in [1.54, 1.807) is 0 Å². The average Bonchev–Trinajstić information content (AvgIpc) is 2.29.